The third-order valence-electron chi connectivity index (χ3n) is 5.03. The molecule has 0 aliphatic carbocycles. The lowest BCUT2D eigenvalue weighted by Crippen LogP contribution is -2.48. The first kappa shape index (κ1) is 16.0. The molecule has 0 saturated carbocycles. The zero-order valence-corrected chi connectivity index (χ0v) is 13.4. The molecule has 2 atom stereocenters. The number of carbonyl (C=O) groups excluding carboxylic acids is 2. The number of fused-ring (bicyclic) bond motifs is 1. The van der Waals surface area contributed by atoms with Crippen LogP contribution < -0.4 is 5.73 Å². The van der Waals surface area contributed by atoms with E-state index in [-0.39, 0.29) is 23.1 Å². The van der Waals surface area contributed by atoms with Crippen LogP contribution in [0.3, 0.4) is 0 Å². The Balaban J connectivity index is 2.17. The van der Waals surface area contributed by atoms with Gasteiger partial charge in [-0.25, -0.2) is 0 Å². The highest BCUT2D eigenvalue weighted by Crippen LogP contribution is 2.42. The molecular formula is C16H26N2O3. The summed E-state index contributed by atoms with van der Waals surface area (Å²) in [5, 5.41) is 0. The fourth-order valence-corrected chi connectivity index (χ4v) is 3.01. The molecular weight excluding hydrogens is 268 g/mol. The number of likely N-dealkylation sites (tertiary alicyclic amines) is 1. The molecule has 0 bridgehead atoms. The summed E-state index contributed by atoms with van der Waals surface area (Å²) in [6.07, 6.45) is 2.30. The third kappa shape index (κ3) is 2.98. The highest BCUT2D eigenvalue weighted by atomic mass is 16.5. The number of nitrogens with zero attached hydrogens (tertiary/aromatic N) is 1. The average Bonchev–Trinajstić information content (AvgIpc) is 2.78. The van der Waals surface area contributed by atoms with Crippen molar-refractivity contribution in [3.63, 3.8) is 0 Å². The van der Waals surface area contributed by atoms with Crippen molar-refractivity contribution >= 4 is 11.8 Å². The number of ether oxygens (including phenoxy) is 1. The lowest BCUT2D eigenvalue weighted by Gasteiger charge is -2.34. The molecule has 21 heavy (non-hydrogen) atoms. The maximum absolute atomic E-state index is 12.5. The summed E-state index contributed by atoms with van der Waals surface area (Å²) in [5.74, 6) is -0.309. The molecule has 0 aromatic carbocycles. The Bertz CT molecular complexity index is 478. The Morgan fingerprint density at radius 2 is 2.05 bits per heavy atom. The molecule has 0 unspecified atom stereocenters. The van der Waals surface area contributed by atoms with E-state index in [1.165, 1.54) is 0 Å². The molecule has 0 radical (unpaired) electrons. The second-order valence-corrected chi connectivity index (χ2v) is 7.34. The molecule has 2 aliphatic rings. The van der Waals surface area contributed by atoms with E-state index in [4.69, 9.17) is 10.5 Å². The van der Waals surface area contributed by atoms with Crippen molar-refractivity contribution in [2.75, 3.05) is 26.3 Å². The molecule has 0 aromatic heterocycles. The van der Waals surface area contributed by atoms with E-state index in [1.54, 1.807) is 11.0 Å². The summed E-state index contributed by atoms with van der Waals surface area (Å²) in [4.78, 5) is 26.1. The van der Waals surface area contributed by atoms with E-state index in [2.05, 4.69) is 20.8 Å². The Labute approximate surface area is 126 Å². The van der Waals surface area contributed by atoms with Gasteiger partial charge in [0, 0.05) is 31.7 Å². The first-order valence-electron chi connectivity index (χ1n) is 7.52. The van der Waals surface area contributed by atoms with Crippen molar-refractivity contribution in [1.82, 2.24) is 4.90 Å². The van der Waals surface area contributed by atoms with Gasteiger partial charge in [0.1, 0.15) is 0 Å². The molecule has 2 amide bonds. The Morgan fingerprint density at radius 3 is 2.57 bits per heavy atom. The van der Waals surface area contributed by atoms with Crippen LogP contribution in [0, 0.1) is 16.7 Å². The quantitative estimate of drug-likeness (QED) is 0.781. The van der Waals surface area contributed by atoms with Crippen LogP contribution >= 0.6 is 0 Å². The summed E-state index contributed by atoms with van der Waals surface area (Å²) >= 11 is 0. The topological polar surface area (TPSA) is 72.6 Å². The first-order valence-corrected chi connectivity index (χ1v) is 7.52. The maximum Gasteiger partial charge on any atom is 0.246 e. The first-order chi connectivity index (χ1) is 9.67. The smallest absolute Gasteiger partial charge is 0.246 e. The van der Waals surface area contributed by atoms with Crippen molar-refractivity contribution in [3.05, 3.63) is 11.6 Å². The van der Waals surface area contributed by atoms with Crippen LogP contribution in [0.25, 0.3) is 0 Å². The molecule has 2 rings (SSSR count). The van der Waals surface area contributed by atoms with E-state index in [9.17, 15) is 9.59 Å². The molecule has 2 aliphatic heterocycles. The highest BCUT2D eigenvalue weighted by molar-refractivity contribution is 5.90. The molecule has 2 N–H and O–H groups in total. The van der Waals surface area contributed by atoms with Crippen molar-refractivity contribution in [1.29, 1.82) is 0 Å². The second-order valence-electron chi connectivity index (χ2n) is 7.34. The maximum atomic E-state index is 12.5. The van der Waals surface area contributed by atoms with Gasteiger partial charge in [-0.2, -0.15) is 0 Å². The van der Waals surface area contributed by atoms with Gasteiger partial charge < -0.3 is 15.4 Å². The molecule has 5 heteroatoms. The van der Waals surface area contributed by atoms with Crippen LogP contribution in [-0.4, -0.2) is 43.0 Å². The summed E-state index contributed by atoms with van der Waals surface area (Å²) in [5.41, 5.74) is 6.03. The van der Waals surface area contributed by atoms with Gasteiger partial charge in [0.25, 0.3) is 0 Å². The van der Waals surface area contributed by atoms with Crippen LogP contribution in [0.1, 0.15) is 34.1 Å². The van der Waals surface area contributed by atoms with Gasteiger partial charge in [0.05, 0.1) is 12.0 Å². The minimum absolute atomic E-state index is 0.0241. The molecule has 5 nitrogen and oxygen atoms in total. The standard InChI is InChI=1S/C16H26N2O3/c1-11(15(2,3)4)7-13(19)18-8-12-9-21-6-5-16(12,10-18)14(17)20/h7,12H,5-6,8-10H2,1-4H3,(H2,17,20)/b11-7+/t12-,16+/m1/s1. The lowest BCUT2D eigenvalue weighted by atomic mass is 9.74. The average molecular weight is 294 g/mol. The summed E-state index contributed by atoms with van der Waals surface area (Å²) in [6, 6.07) is 0. The predicted octanol–water partition coefficient (Wildman–Crippen LogP) is 1.33. The van der Waals surface area contributed by atoms with Crippen molar-refractivity contribution < 1.29 is 14.3 Å². The number of rotatable bonds is 2. The van der Waals surface area contributed by atoms with Crippen LogP contribution in [-0.2, 0) is 14.3 Å². The van der Waals surface area contributed by atoms with E-state index in [0.29, 0.717) is 32.7 Å². The lowest BCUT2D eigenvalue weighted by molar-refractivity contribution is -0.136. The van der Waals surface area contributed by atoms with Crippen molar-refractivity contribution in [2.45, 2.75) is 34.1 Å². The molecule has 2 saturated heterocycles. The van der Waals surface area contributed by atoms with E-state index >= 15 is 0 Å². The molecule has 0 spiro atoms. The Morgan fingerprint density at radius 1 is 1.38 bits per heavy atom. The fraction of sp³-hybridized carbons (Fsp3) is 0.750. The van der Waals surface area contributed by atoms with E-state index in [0.717, 1.165) is 5.57 Å². The fourth-order valence-electron chi connectivity index (χ4n) is 3.01. The third-order valence-corrected chi connectivity index (χ3v) is 5.03. The summed E-state index contributed by atoms with van der Waals surface area (Å²) in [6.45, 7) is 10.2. The van der Waals surface area contributed by atoms with Gasteiger partial charge in [-0.15, -0.1) is 0 Å². The van der Waals surface area contributed by atoms with Gasteiger partial charge in [0.15, 0.2) is 0 Å². The SMILES string of the molecule is C/C(=C\C(=O)N1C[C@@H]2COCC[C@]2(C(N)=O)C1)C(C)(C)C. The van der Waals surface area contributed by atoms with Crippen LogP contribution in [0.2, 0.25) is 0 Å². The van der Waals surface area contributed by atoms with Crippen LogP contribution in [0.5, 0.6) is 0 Å². The zero-order valence-electron chi connectivity index (χ0n) is 13.4. The number of nitrogens with two attached hydrogens (primary N) is 1. The summed E-state index contributed by atoms with van der Waals surface area (Å²) < 4.78 is 5.46. The van der Waals surface area contributed by atoms with Crippen LogP contribution in [0.15, 0.2) is 11.6 Å². The number of carbonyl (C=O) groups is 2. The van der Waals surface area contributed by atoms with Gasteiger partial charge >= 0.3 is 0 Å². The number of hydrogen-bond donors (Lipinski definition) is 1. The zero-order chi connectivity index (χ0) is 15.8. The largest absolute Gasteiger partial charge is 0.381 e. The monoisotopic (exact) mass is 294 g/mol. The molecule has 2 heterocycles. The minimum Gasteiger partial charge on any atom is -0.381 e. The minimum atomic E-state index is -0.600. The van der Waals surface area contributed by atoms with Crippen molar-refractivity contribution in [2.24, 2.45) is 22.5 Å². The summed E-state index contributed by atoms with van der Waals surface area (Å²) in [7, 11) is 0. The number of primary amides is 1. The van der Waals surface area contributed by atoms with Gasteiger partial charge in [-0.05, 0) is 18.8 Å². The highest BCUT2D eigenvalue weighted by Gasteiger charge is 2.53. The van der Waals surface area contributed by atoms with E-state index < -0.39 is 5.41 Å². The van der Waals surface area contributed by atoms with Gasteiger partial charge in [0.2, 0.25) is 11.8 Å². The molecule has 0 aromatic rings. The second kappa shape index (κ2) is 5.44. The predicted molar refractivity (Wildman–Crippen MR) is 80.3 cm³/mol. The van der Waals surface area contributed by atoms with Gasteiger partial charge in [-0.1, -0.05) is 26.3 Å². The van der Waals surface area contributed by atoms with Crippen LogP contribution in [0.4, 0.5) is 0 Å². The molecule has 118 valence electrons. The molecule has 2 fully saturated rings. The van der Waals surface area contributed by atoms with Gasteiger partial charge in [-0.3, -0.25) is 9.59 Å². The Hall–Kier alpha value is -1.36. The Kier molecular flexibility index (Phi) is 4.15. The van der Waals surface area contributed by atoms with E-state index in [1.807, 2.05) is 6.92 Å². The normalized spacial score (nSPS) is 30.2. The van der Waals surface area contributed by atoms with Crippen molar-refractivity contribution in [3.8, 4) is 0 Å². The number of amides is 2. The number of hydrogen-bond acceptors (Lipinski definition) is 3. The number of allylic oxidation sites excluding steroid dienone is 1.